The molecule has 3 nitrogen and oxygen atoms in total. The van der Waals surface area contributed by atoms with E-state index in [2.05, 4.69) is 12.1 Å². The molecule has 0 bridgehead atoms. The summed E-state index contributed by atoms with van der Waals surface area (Å²) in [6.07, 6.45) is 1.70. The maximum atomic E-state index is 9.43. The first-order valence-corrected chi connectivity index (χ1v) is 7.33. The zero-order valence-electron chi connectivity index (χ0n) is 11.0. The number of nitrogens with two attached hydrogens (primary N) is 1. The zero-order chi connectivity index (χ0) is 14.3. The molecule has 0 saturated heterocycles. The Morgan fingerprint density at radius 1 is 1.05 bits per heavy atom. The Kier molecular flexibility index (Phi) is 3.42. The van der Waals surface area contributed by atoms with Gasteiger partial charge in [0.15, 0.2) is 0 Å². The van der Waals surface area contributed by atoms with E-state index in [1.54, 1.807) is 0 Å². The fraction of sp³-hybridized carbons (Fsp3) is 0.500. The van der Waals surface area contributed by atoms with E-state index in [4.69, 9.17) is 17.3 Å². The minimum Gasteiger partial charge on any atom is -0.326 e. The Labute approximate surface area is 123 Å². The Morgan fingerprint density at radius 2 is 1.65 bits per heavy atom. The molecule has 0 amide bonds. The van der Waals surface area contributed by atoms with Crippen LogP contribution in [0.15, 0.2) is 24.3 Å². The molecule has 4 heteroatoms. The van der Waals surface area contributed by atoms with Crippen molar-refractivity contribution in [3.05, 3.63) is 34.9 Å². The van der Waals surface area contributed by atoms with Crippen molar-refractivity contribution < 1.29 is 0 Å². The smallest absolute Gasteiger partial charge is 0.0672 e. The van der Waals surface area contributed by atoms with Gasteiger partial charge in [-0.25, -0.2) is 0 Å². The Hall–Kier alpha value is -1.55. The molecule has 2 aliphatic carbocycles. The van der Waals surface area contributed by atoms with Gasteiger partial charge in [-0.15, -0.1) is 0 Å². The highest BCUT2D eigenvalue weighted by Gasteiger charge is 2.53. The summed E-state index contributed by atoms with van der Waals surface area (Å²) in [6, 6.07) is 12.4. The van der Waals surface area contributed by atoms with Crippen LogP contribution in [0.3, 0.4) is 0 Å². The zero-order valence-corrected chi connectivity index (χ0v) is 11.8. The normalized spacial score (nSPS) is 39.0. The molecule has 0 radical (unpaired) electrons. The third-order valence-corrected chi connectivity index (χ3v) is 5.25. The first-order valence-electron chi connectivity index (χ1n) is 6.96. The average Bonchev–Trinajstić information content (AvgIpc) is 2.96. The van der Waals surface area contributed by atoms with E-state index < -0.39 is 0 Å². The first-order chi connectivity index (χ1) is 9.65. The molecular weight excluding hydrogens is 270 g/mol. The highest BCUT2D eigenvalue weighted by atomic mass is 35.5. The summed E-state index contributed by atoms with van der Waals surface area (Å²) in [4.78, 5) is 0. The van der Waals surface area contributed by atoms with Gasteiger partial charge in [-0.3, -0.25) is 0 Å². The number of hydrogen-bond donors (Lipinski definition) is 1. The number of hydrogen-bond acceptors (Lipinski definition) is 3. The number of nitriles is 2. The van der Waals surface area contributed by atoms with Gasteiger partial charge in [0.05, 0.1) is 24.0 Å². The lowest BCUT2D eigenvalue weighted by Gasteiger charge is -2.26. The van der Waals surface area contributed by atoms with Crippen LogP contribution in [-0.4, -0.2) is 6.04 Å². The number of benzene rings is 1. The van der Waals surface area contributed by atoms with Crippen LogP contribution in [0.1, 0.15) is 24.3 Å². The van der Waals surface area contributed by atoms with Gasteiger partial charge < -0.3 is 5.73 Å². The van der Waals surface area contributed by atoms with Crippen LogP contribution in [0.5, 0.6) is 0 Å². The van der Waals surface area contributed by atoms with Crippen molar-refractivity contribution in [1.82, 2.24) is 0 Å². The van der Waals surface area contributed by atoms with Crippen molar-refractivity contribution in [3.63, 3.8) is 0 Å². The van der Waals surface area contributed by atoms with Crippen LogP contribution >= 0.6 is 11.6 Å². The average molecular weight is 286 g/mol. The van der Waals surface area contributed by atoms with Crippen molar-refractivity contribution in [1.29, 1.82) is 10.5 Å². The number of nitrogens with zero attached hydrogens (tertiary/aromatic N) is 2. The summed E-state index contributed by atoms with van der Waals surface area (Å²) in [5, 5.41) is 19.3. The molecule has 1 aromatic carbocycles. The molecule has 0 heterocycles. The first kappa shape index (κ1) is 13.4. The summed E-state index contributed by atoms with van der Waals surface area (Å²) >= 11 is 5.94. The van der Waals surface area contributed by atoms with E-state index in [1.807, 2.05) is 24.3 Å². The van der Waals surface area contributed by atoms with E-state index in [0.717, 1.165) is 18.4 Å². The fourth-order valence-corrected chi connectivity index (χ4v) is 4.29. The van der Waals surface area contributed by atoms with Gasteiger partial charge in [0, 0.05) is 17.0 Å². The summed E-state index contributed by atoms with van der Waals surface area (Å²) < 4.78 is 0. The van der Waals surface area contributed by atoms with Crippen molar-refractivity contribution in [3.8, 4) is 12.1 Å². The predicted octanol–water partition coefficient (Wildman–Crippen LogP) is 3.07. The molecule has 2 saturated carbocycles. The molecule has 0 aromatic heterocycles. The van der Waals surface area contributed by atoms with Crippen LogP contribution in [0.2, 0.25) is 5.02 Å². The van der Waals surface area contributed by atoms with E-state index in [-0.39, 0.29) is 29.7 Å². The lowest BCUT2D eigenvalue weighted by molar-refractivity contribution is 0.368. The van der Waals surface area contributed by atoms with Gasteiger partial charge in [-0.05, 0) is 42.4 Å². The summed E-state index contributed by atoms with van der Waals surface area (Å²) in [7, 11) is 0. The molecule has 3 rings (SSSR count). The molecule has 0 spiro atoms. The maximum Gasteiger partial charge on any atom is 0.0672 e. The number of halogens is 1. The molecule has 2 fully saturated rings. The molecule has 20 heavy (non-hydrogen) atoms. The van der Waals surface area contributed by atoms with Gasteiger partial charge in [0.25, 0.3) is 0 Å². The number of fused-ring (bicyclic) bond motifs is 1. The molecule has 1 aromatic rings. The van der Waals surface area contributed by atoms with Crippen LogP contribution in [-0.2, 0) is 0 Å². The second-order valence-corrected chi connectivity index (χ2v) is 6.37. The van der Waals surface area contributed by atoms with Gasteiger partial charge in [0.1, 0.15) is 0 Å². The van der Waals surface area contributed by atoms with Crippen LogP contribution in [0.4, 0.5) is 0 Å². The van der Waals surface area contributed by atoms with Crippen molar-refractivity contribution in [2.45, 2.75) is 24.8 Å². The lowest BCUT2D eigenvalue weighted by atomic mass is 9.80. The molecule has 6 atom stereocenters. The van der Waals surface area contributed by atoms with Gasteiger partial charge >= 0.3 is 0 Å². The molecular formula is C16H16ClN3. The molecule has 0 aliphatic heterocycles. The summed E-state index contributed by atoms with van der Waals surface area (Å²) in [5.74, 6) is 0.706. The summed E-state index contributed by atoms with van der Waals surface area (Å²) in [5.41, 5.74) is 7.42. The minimum atomic E-state index is -0.121. The third kappa shape index (κ3) is 1.99. The van der Waals surface area contributed by atoms with E-state index in [0.29, 0.717) is 10.9 Å². The van der Waals surface area contributed by atoms with Gasteiger partial charge in [0.2, 0.25) is 0 Å². The second kappa shape index (κ2) is 5.09. The SMILES string of the molecule is N#CC1CC2CC(C#N)C(c3ccc(Cl)cc3)C2C1N. The number of rotatable bonds is 1. The third-order valence-electron chi connectivity index (χ3n) is 5.00. The monoisotopic (exact) mass is 285 g/mol. The lowest BCUT2D eigenvalue weighted by Crippen LogP contribution is -2.34. The molecule has 2 N–H and O–H groups in total. The van der Waals surface area contributed by atoms with Gasteiger partial charge in [-0.1, -0.05) is 23.7 Å². The predicted molar refractivity (Wildman–Crippen MR) is 76.6 cm³/mol. The minimum absolute atomic E-state index is 0.00290. The van der Waals surface area contributed by atoms with Crippen LogP contribution < -0.4 is 5.73 Å². The quantitative estimate of drug-likeness (QED) is 0.862. The topological polar surface area (TPSA) is 73.6 Å². The highest BCUT2D eigenvalue weighted by Crippen LogP contribution is 2.55. The Bertz CT molecular complexity index is 583. The van der Waals surface area contributed by atoms with Crippen molar-refractivity contribution in [2.75, 3.05) is 0 Å². The molecule has 102 valence electrons. The highest BCUT2D eigenvalue weighted by molar-refractivity contribution is 6.30. The summed E-state index contributed by atoms with van der Waals surface area (Å²) in [6.45, 7) is 0. The standard InChI is InChI=1S/C16H16ClN3/c17-13-3-1-9(2-4-13)14-11(7-18)5-10-6-12(8-19)16(20)15(10)14/h1-4,10-12,14-16H,5-6,20H2. The van der Waals surface area contributed by atoms with E-state index in [9.17, 15) is 10.5 Å². The van der Waals surface area contributed by atoms with Crippen LogP contribution in [0, 0.1) is 46.3 Å². The van der Waals surface area contributed by atoms with Crippen LogP contribution in [0.25, 0.3) is 0 Å². The maximum absolute atomic E-state index is 9.43. The Balaban J connectivity index is 1.97. The van der Waals surface area contributed by atoms with E-state index >= 15 is 0 Å². The molecule has 2 aliphatic rings. The van der Waals surface area contributed by atoms with E-state index in [1.165, 1.54) is 0 Å². The van der Waals surface area contributed by atoms with Crippen molar-refractivity contribution >= 4 is 11.6 Å². The molecule has 6 unspecified atom stereocenters. The fourth-order valence-electron chi connectivity index (χ4n) is 4.16. The van der Waals surface area contributed by atoms with Crippen molar-refractivity contribution in [2.24, 2.45) is 29.4 Å². The van der Waals surface area contributed by atoms with Gasteiger partial charge in [-0.2, -0.15) is 10.5 Å². The largest absolute Gasteiger partial charge is 0.326 e. The Morgan fingerprint density at radius 3 is 2.25 bits per heavy atom. The second-order valence-electron chi connectivity index (χ2n) is 5.93.